The summed E-state index contributed by atoms with van der Waals surface area (Å²) in [6.07, 6.45) is 1.50. The highest BCUT2D eigenvalue weighted by atomic mass is 32.2. The third kappa shape index (κ3) is 3.51. The number of aliphatic hydroxyl groups excluding tert-OH is 1. The van der Waals surface area contributed by atoms with Crippen LogP contribution in [0.2, 0.25) is 0 Å². The first kappa shape index (κ1) is 17.8. The highest BCUT2D eigenvalue weighted by molar-refractivity contribution is 7.89. The first-order chi connectivity index (χ1) is 11.8. The van der Waals surface area contributed by atoms with E-state index < -0.39 is 21.1 Å². The number of benzene rings is 1. The van der Waals surface area contributed by atoms with Gasteiger partial charge in [-0.1, -0.05) is 0 Å². The summed E-state index contributed by atoms with van der Waals surface area (Å²) in [6, 6.07) is 4.58. The van der Waals surface area contributed by atoms with E-state index in [4.69, 9.17) is 0 Å². The van der Waals surface area contributed by atoms with Gasteiger partial charge in [0, 0.05) is 31.3 Å². The molecule has 3 rings (SSSR count). The Hall–Kier alpha value is -2.04. The maximum absolute atomic E-state index is 12.6. The minimum Gasteiger partial charge on any atom is -0.393 e. The van der Waals surface area contributed by atoms with E-state index in [-0.39, 0.29) is 42.2 Å². The van der Waals surface area contributed by atoms with Gasteiger partial charge in [0.2, 0.25) is 15.9 Å². The molecule has 1 saturated carbocycles. The largest absolute Gasteiger partial charge is 0.393 e. The Bertz CT molecular complexity index is 779. The summed E-state index contributed by atoms with van der Waals surface area (Å²) in [4.78, 5) is 24.0. The minimum atomic E-state index is -3.88. The van der Waals surface area contributed by atoms with Crippen molar-refractivity contribution < 1.29 is 23.2 Å². The van der Waals surface area contributed by atoms with Crippen molar-refractivity contribution in [1.29, 1.82) is 0 Å². The number of hydrogen-bond donors (Lipinski definition) is 1. The van der Waals surface area contributed by atoms with Gasteiger partial charge < -0.3 is 10.0 Å². The molecule has 0 spiro atoms. The first-order valence-electron chi connectivity index (χ1n) is 8.01. The fraction of sp³-hybridized carbons (Fsp3) is 0.533. The molecule has 2 fully saturated rings. The summed E-state index contributed by atoms with van der Waals surface area (Å²) in [5.74, 6) is -0.282. The van der Waals surface area contributed by atoms with Crippen molar-refractivity contribution in [3.05, 3.63) is 34.4 Å². The maximum Gasteiger partial charge on any atom is 0.269 e. The topological polar surface area (TPSA) is 121 Å². The molecule has 1 saturated heterocycles. The molecule has 0 radical (unpaired) electrons. The van der Waals surface area contributed by atoms with Crippen LogP contribution in [0.5, 0.6) is 0 Å². The number of carbonyl (C=O) groups excluding carboxylic acids is 1. The van der Waals surface area contributed by atoms with Gasteiger partial charge in [-0.15, -0.1) is 0 Å². The zero-order valence-corrected chi connectivity index (χ0v) is 14.3. The average molecular weight is 369 g/mol. The molecule has 1 heterocycles. The van der Waals surface area contributed by atoms with Gasteiger partial charge in [0.1, 0.15) is 0 Å². The van der Waals surface area contributed by atoms with E-state index in [2.05, 4.69) is 0 Å². The van der Waals surface area contributed by atoms with Crippen molar-refractivity contribution >= 4 is 21.6 Å². The Morgan fingerprint density at radius 3 is 2.36 bits per heavy atom. The average Bonchev–Trinajstić information content (AvgIpc) is 3.01. The molecule has 1 aliphatic heterocycles. The van der Waals surface area contributed by atoms with E-state index in [1.807, 2.05) is 0 Å². The number of sulfonamides is 1. The van der Waals surface area contributed by atoms with Crippen LogP contribution in [-0.2, 0) is 14.8 Å². The standard InChI is InChI=1S/C15H19N3O6S/c19-13-4-1-12(9-13)17-8-7-16(10-15(17)20)25(23,24)14-5-2-11(3-6-14)18(21)22/h2-3,5-6,12-13,19H,1,4,7-10H2/t12-,13+/m1/s1. The molecular formula is C15H19N3O6S. The number of nitro benzene ring substituents is 1. The van der Waals surface area contributed by atoms with Crippen molar-refractivity contribution in [3.63, 3.8) is 0 Å². The van der Waals surface area contributed by atoms with Gasteiger partial charge in [-0.2, -0.15) is 4.31 Å². The van der Waals surface area contributed by atoms with E-state index in [0.717, 1.165) is 22.9 Å². The van der Waals surface area contributed by atoms with E-state index in [9.17, 15) is 28.4 Å². The van der Waals surface area contributed by atoms with Gasteiger partial charge in [-0.25, -0.2) is 8.42 Å². The SMILES string of the molecule is O=C1CN(S(=O)(=O)c2ccc([N+](=O)[O-])cc2)CCN1[C@@H]1CC[C@H](O)C1. The molecule has 1 amide bonds. The van der Waals surface area contributed by atoms with Gasteiger partial charge in [0.25, 0.3) is 5.69 Å². The van der Waals surface area contributed by atoms with Crippen LogP contribution >= 0.6 is 0 Å². The molecule has 0 bridgehead atoms. The lowest BCUT2D eigenvalue weighted by Crippen LogP contribution is -2.54. The molecular weight excluding hydrogens is 350 g/mol. The number of nitrogens with zero attached hydrogens (tertiary/aromatic N) is 3. The van der Waals surface area contributed by atoms with Crippen molar-refractivity contribution in [2.45, 2.75) is 36.3 Å². The van der Waals surface area contributed by atoms with Gasteiger partial charge in [0.15, 0.2) is 0 Å². The monoisotopic (exact) mass is 369 g/mol. The second kappa shape index (κ2) is 6.70. The minimum absolute atomic E-state index is 0.0354. The van der Waals surface area contributed by atoms with Crippen LogP contribution in [0.25, 0.3) is 0 Å². The van der Waals surface area contributed by atoms with E-state index in [1.54, 1.807) is 4.90 Å². The van der Waals surface area contributed by atoms with Gasteiger partial charge in [-0.05, 0) is 31.4 Å². The Kier molecular flexibility index (Phi) is 4.76. The predicted octanol–water partition coefficient (Wildman–Crippen LogP) is 0.341. The quantitative estimate of drug-likeness (QED) is 0.603. The zero-order chi connectivity index (χ0) is 18.2. The normalized spacial score (nSPS) is 25.3. The summed E-state index contributed by atoms with van der Waals surface area (Å²) in [7, 11) is -3.88. The van der Waals surface area contributed by atoms with E-state index in [1.165, 1.54) is 12.1 Å². The van der Waals surface area contributed by atoms with Crippen LogP contribution < -0.4 is 0 Å². The summed E-state index contributed by atoms with van der Waals surface area (Å²) in [5.41, 5.74) is -0.195. The van der Waals surface area contributed by atoms with Crippen LogP contribution in [0.1, 0.15) is 19.3 Å². The molecule has 1 aliphatic carbocycles. The Morgan fingerprint density at radius 2 is 1.84 bits per heavy atom. The number of non-ortho nitro benzene ring substituents is 1. The second-order valence-corrected chi connectivity index (χ2v) is 8.24. The Labute approximate surface area is 145 Å². The van der Waals surface area contributed by atoms with Crippen molar-refractivity contribution in [3.8, 4) is 0 Å². The predicted molar refractivity (Wildman–Crippen MR) is 87.2 cm³/mol. The van der Waals surface area contributed by atoms with Crippen LogP contribution in [-0.4, -0.2) is 65.3 Å². The molecule has 1 aromatic carbocycles. The second-order valence-electron chi connectivity index (χ2n) is 6.30. The number of carbonyl (C=O) groups is 1. The van der Waals surface area contributed by atoms with Crippen LogP contribution in [0.15, 0.2) is 29.2 Å². The summed E-state index contributed by atoms with van der Waals surface area (Å²) < 4.78 is 26.4. The Morgan fingerprint density at radius 1 is 1.16 bits per heavy atom. The number of amides is 1. The summed E-state index contributed by atoms with van der Waals surface area (Å²) in [6.45, 7) is 0.187. The zero-order valence-electron chi connectivity index (χ0n) is 13.4. The van der Waals surface area contributed by atoms with Gasteiger partial charge in [-0.3, -0.25) is 14.9 Å². The molecule has 1 aromatic rings. The third-order valence-electron chi connectivity index (χ3n) is 4.73. The molecule has 1 N–H and O–H groups in total. The smallest absolute Gasteiger partial charge is 0.269 e. The van der Waals surface area contributed by atoms with E-state index in [0.29, 0.717) is 12.8 Å². The highest BCUT2D eigenvalue weighted by Gasteiger charge is 2.38. The van der Waals surface area contributed by atoms with Crippen LogP contribution in [0.3, 0.4) is 0 Å². The molecule has 0 aromatic heterocycles. The first-order valence-corrected chi connectivity index (χ1v) is 9.45. The van der Waals surface area contributed by atoms with Crippen LogP contribution in [0, 0.1) is 10.1 Å². The lowest BCUT2D eigenvalue weighted by Gasteiger charge is -2.37. The van der Waals surface area contributed by atoms with Crippen molar-refractivity contribution in [2.75, 3.05) is 19.6 Å². The lowest BCUT2D eigenvalue weighted by molar-refractivity contribution is -0.384. The van der Waals surface area contributed by atoms with Gasteiger partial charge >= 0.3 is 0 Å². The molecule has 25 heavy (non-hydrogen) atoms. The highest BCUT2D eigenvalue weighted by Crippen LogP contribution is 2.27. The number of hydrogen-bond acceptors (Lipinski definition) is 6. The van der Waals surface area contributed by atoms with Crippen molar-refractivity contribution in [2.24, 2.45) is 0 Å². The number of rotatable bonds is 4. The summed E-state index contributed by atoms with van der Waals surface area (Å²) >= 11 is 0. The molecule has 10 heteroatoms. The molecule has 9 nitrogen and oxygen atoms in total. The molecule has 0 unspecified atom stereocenters. The fourth-order valence-corrected chi connectivity index (χ4v) is 4.74. The van der Waals surface area contributed by atoms with Crippen molar-refractivity contribution in [1.82, 2.24) is 9.21 Å². The molecule has 2 aliphatic rings. The van der Waals surface area contributed by atoms with Gasteiger partial charge in [0.05, 0.1) is 22.5 Å². The molecule has 2 atom stereocenters. The maximum atomic E-state index is 12.6. The summed E-state index contributed by atoms with van der Waals surface area (Å²) in [5, 5.41) is 20.3. The number of aliphatic hydroxyl groups is 1. The Balaban J connectivity index is 1.72. The number of nitro groups is 1. The number of piperazine rings is 1. The lowest BCUT2D eigenvalue weighted by atomic mass is 10.2. The molecule has 136 valence electrons. The van der Waals surface area contributed by atoms with Crippen LogP contribution in [0.4, 0.5) is 5.69 Å². The fourth-order valence-electron chi connectivity index (χ4n) is 3.36. The van der Waals surface area contributed by atoms with E-state index >= 15 is 0 Å². The third-order valence-corrected chi connectivity index (χ3v) is 6.59.